The molecule has 0 bridgehead atoms. The first-order chi connectivity index (χ1) is 14.9. The van der Waals surface area contributed by atoms with Crippen LogP contribution >= 0.6 is 0 Å². The predicted molar refractivity (Wildman–Crippen MR) is 115 cm³/mol. The van der Waals surface area contributed by atoms with E-state index in [9.17, 15) is 9.59 Å². The minimum Gasteiger partial charge on any atom is -0.497 e. The van der Waals surface area contributed by atoms with Crippen LogP contribution in [0.1, 0.15) is 43.0 Å². The number of ether oxygens (including phenoxy) is 3. The molecule has 1 aliphatic carbocycles. The topological polar surface area (TPSA) is 77.4 Å². The summed E-state index contributed by atoms with van der Waals surface area (Å²) in [4.78, 5) is 24.7. The van der Waals surface area contributed by atoms with Crippen molar-refractivity contribution < 1.29 is 23.8 Å². The molecule has 0 saturated heterocycles. The molecule has 0 fully saturated rings. The molecule has 0 saturated carbocycles. The second kappa shape index (κ2) is 8.41. The van der Waals surface area contributed by atoms with Crippen molar-refractivity contribution in [3.63, 3.8) is 0 Å². The number of carbonyl (C=O) groups excluding carboxylic acids is 2. The van der Waals surface area contributed by atoms with Crippen LogP contribution in [0.4, 0.5) is 0 Å². The van der Waals surface area contributed by atoms with Gasteiger partial charge in [-0.3, -0.25) is 9.59 Å². The Bertz CT molecular complexity index is 1030. The molecule has 0 N–H and O–H groups in total. The Balaban J connectivity index is 1.77. The zero-order valence-corrected chi connectivity index (χ0v) is 18.1. The molecule has 7 nitrogen and oxygen atoms in total. The average molecular weight is 422 g/mol. The maximum absolute atomic E-state index is 13.3. The van der Waals surface area contributed by atoms with Crippen molar-refractivity contribution in [3.05, 3.63) is 59.2 Å². The number of amides is 1. The van der Waals surface area contributed by atoms with E-state index in [0.29, 0.717) is 0 Å². The van der Waals surface area contributed by atoms with Gasteiger partial charge in [-0.2, -0.15) is 5.10 Å². The van der Waals surface area contributed by atoms with Gasteiger partial charge in [0.25, 0.3) is 5.91 Å². The van der Waals surface area contributed by atoms with Crippen LogP contribution in [0.5, 0.6) is 11.5 Å². The Morgan fingerprint density at radius 2 is 1.74 bits per heavy atom. The van der Waals surface area contributed by atoms with Gasteiger partial charge in [0.1, 0.15) is 11.5 Å². The minimum absolute atomic E-state index is 0.0291. The largest absolute Gasteiger partial charge is 0.497 e. The van der Waals surface area contributed by atoms with Crippen molar-refractivity contribution in [1.29, 1.82) is 0 Å². The summed E-state index contributed by atoms with van der Waals surface area (Å²) < 4.78 is 15.9. The van der Waals surface area contributed by atoms with E-state index >= 15 is 0 Å². The number of rotatable bonds is 5. The average Bonchev–Trinajstić information content (AvgIpc) is 3.17. The van der Waals surface area contributed by atoms with Gasteiger partial charge in [0.15, 0.2) is 6.10 Å². The van der Waals surface area contributed by atoms with Crippen LogP contribution < -0.4 is 9.47 Å². The number of benzene rings is 2. The Kier molecular flexibility index (Phi) is 5.67. The van der Waals surface area contributed by atoms with E-state index in [4.69, 9.17) is 19.3 Å². The predicted octanol–water partition coefficient (Wildman–Crippen LogP) is 3.51. The number of carbonyl (C=O) groups is 2. The summed E-state index contributed by atoms with van der Waals surface area (Å²) in [7, 11) is 3.25. The van der Waals surface area contributed by atoms with Crippen LogP contribution in [0.25, 0.3) is 0 Å². The molecule has 31 heavy (non-hydrogen) atoms. The molecule has 2 aromatic carbocycles. The monoisotopic (exact) mass is 422 g/mol. The van der Waals surface area contributed by atoms with Crippen molar-refractivity contribution in [2.75, 3.05) is 14.2 Å². The first kappa shape index (κ1) is 20.9. The molecule has 0 unspecified atom stereocenters. The summed E-state index contributed by atoms with van der Waals surface area (Å²) in [6.07, 6.45) is 0.824. The van der Waals surface area contributed by atoms with Gasteiger partial charge in [0, 0.05) is 18.4 Å². The van der Waals surface area contributed by atoms with Gasteiger partial charge in [-0.25, -0.2) is 5.01 Å². The molecular weight excluding hydrogens is 396 g/mol. The van der Waals surface area contributed by atoms with Crippen molar-refractivity contribution in [3.8, 4) is 11.5 Å². The quantitative estimate of drug-likeness (QED) is 0.689. The summed E-state index contributed by atoms with van der Waals surface area (Å²) in [6, 6.07) is 13.4. The molecule has 2 aliphatic rings. The van der Waals surface area contributed by atoms with Crippen LogP contribution in [0, 0.1) is 5.92 Å². The molecule has 2 aromatic rings. The third-order valence-corrected chi connectivity index (χ3v) is 5.90. The molecule has 7 heteroatoms. The molecule has 0 aromatic heterocycles. The molecule has 0 spiro atoms. The van der Waals surface area contributed by atoms with Crippen molar-refractivity contribution in [2.24, 2.45) is 11.0 Å². The number of nitrogens with zero attached hydrogens (tertiary/aromatic N) is 2. The van der Waals surface area contributed by atoms with Gasteiger partial charge < -0.3 is 14.2 Å². The van der Waals surface area contributed by atoms with Crippen molar-refractivity contribution >= 4 is 17.6 Å². The number of esters is 1. The second-order valence-corrected chi connectivity index (χ2v) is 7.81. The molecule has 3 atom stereocenters. The molecule has 1 amide bonds. The van der Waals surface area contributed by atoms with Gasteiger partial charge in [0.2, 0.25) is 0 Å². The number of fused-ring (bicyclic) bond motifs is 3. The summed E-state index contributed by atoms with van der Waals surface area (Å²) in [5, 5.41) is 6.27. The third-order valence-electron chi connectivity index (χ3n) is 5.90. The van der Waals surface area contributed by atoms with Crippen LogP contribution in [0.3, 0.4) is 0 Å². The molecular formula is C24H26N2O5. The Hall–Kier alpha value is -3.35. The lowest BCUT2D eigenvalue weighted by Gasteiger charge is -2.30. The lowest BCUT2D eigenvalue weighted by molar-refractivity contribution is -0.158. The summed E-state index contributed by atoms with van der Waals surface area (Å²) in [5.74, 6) is 0.680. The van der Waals surface area contributed by atoms with Crippen LogP contribution in [-0.4, -0.2) is 42.9 Å². The number of aryl methyl sites for hydroxylation is 1. The first-order valence-corrected chi connectivity index (χ1v) is 10.3. The highest BCUT2D eigenvalue weighted by Gasteiger charge is 2.45. The fourth-order valence-electron chi connectivity index (χ4n) is 4.42. The van der Waals surface area contributed by atoms with Gasteiger partial charge in [-0.1, -0.05) is 18.2 Å². The summed E-state index contributed by atoms with van der Waals surface area (Å²) in [6.45, 7) is 2.87. The van der Waals surface area contributed by atoms with E-state index in [0.717, 1.165) is 41.2 Å². The standard InChI is InChI=1S/C24H26N2O5/c1-14(31-15(2)27)24(28)26-23(17-6-9-18(29-3)10-7-17)20-12-8-16-5-11-19(30-4)13-21(16)22(20)25-26/h5-7,9-11,13-14,20,23H,8,12H2,1-4H3/t14-,20-,23+/m0/s1. The molecule has 0 radical (unpaired) electrons. The Morgan fingerprint density at radius 3 is 2.39 bits per heavy atom. The SMILES string of the molecule is COc1ccc([C@@H]2[C@H]3CCc4ccc(OC)cc4C3=NN2C(=O)[C@H](C)OC(C)=O)cc1. The number of hydrogen-bond donors (Lipinski definition) is 0. The Morgan fingerprint density at radius 1 is 1.06 bits per heavy atom. The van der Waals surface area contributed by atoms with E-state index in [1.165, 1.54) is 17.5 Å². The van der Waals surface area contributed by atoms with Gasteiger partial charge in [0.05, 0.1) is 26.0 Å². The van der Waals surface area contributed by atoms with Crippen molar-refractivity contribution in [2.45, 2.75) is 38.8 Å². The number of hydrazone groups is 1. The summed E-state index contributed by atoms with van der Waals surface area (Å²) in [5.41, 5.74) is 4.01. The van der Waals surface area contributed by atoms with Gasteiger partial charge >= 0.3 is 5.97 Å². The third kappa shape index (κ3) is 3.87. The van der Waals surface area contributed by atoms with E-state index in [1.807, 2.05) is 36.4 Å². The fourth-order valence-corrected chi connectivity index (χ4v) is 4.42. The zero-order valence-electron chi connectivity index (χ0n) is 18.1. The highest BCUT2D eigenvalue weighted by Crippen LogP contribution is 2.44. The lowest BCUT2D eigenvalue weighted by Crippen LogP contribution is -2.38. The van der Waals surface area contributed by atoms with E-state index in [-0.39, 0.29) is 17.9 Å². The van der Waals surface area contributed by atoms with Crippen molar-refractivity contribution in [1.82, 2.24) is 5.01 Å². The van der Waals surface area contributed by atoms with E-state index in [1.54, 1.807) is 21.1 Å². The summed E-state index contributed by atoms with van der Waals surface area (Å²) >= 11 is 0. The normalized spacial score (nSPS) is 20.3. The zero-order chi connectivity index (χ0) is 22.1. The molecule has 4 rings (SSSR count). The number of methoxy groups -OCH3 is 2. The highest BCUT2D eigenvalue weighted by atomic mass is 16.5. The van der Waals surface area contributed by atoms with Crippen LogP contribution in [0.2, 0.25) is 0 Å². The smallest absolute Gasteiger partial charge is 0.303 e. The Labute approximate surface area is 181 Å². The van der Waals surface area contributed by atoms with E-state index < -0.39 is 12.1 Å². The highest BCUT2D eigenvalue weighted by molar-refractivity contribution is 6.07. The first-order valence-electron chi connectivity index (χ1n) is 10.3. The lowest BCUT2D eigenvalue weighted by atomic mass is 9.77. The maximum Gasteiger partial charge on any atom is 0.303 e. The van der Waals surface area contributed by atoms with Gasteiger partial charge in [-0.15, -0.1) is 0 Å². The maximum atomic E-state index is 13.3. The fraction of sp³-hybridized carbons (Fsp3) is 0.375. The van der Waals surface area contributed by atoms with Crippen LogP contribution in [-0.2, 0) is 20.7 Å². The molecule has 162 valence electrons. The van der Waals surface area contributed by atoms with E-state index in [2.05, 4.69) is 6.07 Å². The minimum atomic E-state index is -0.924. The van der Waals surface area contributed by atoms with Gasteiger partial charge in [-0.05, 0) is 55.2 Å². The van der Waals surface area contributed by atoms with Crippen LogP contribution in [0.15, 0.2) is 47.6 Å². The molecule has 1 heterocycles. The molecule has 1 aliphatic heterocycles. The second-order valence-electron chi connectivity index (χ2n) is 7.81. The number of hydrogen-bond acceptors (Lipinski definition) is 6.